The summed E-state index contributed by atoms with van der Waals surface area (Å²) in [6.45, 7) is 1.96. The molecule has 1 unspecified atom stereocenters. The summed E-state index contributed by atoms with van der Waals surface area (Å²) < 4.78 is 5.22. The van der Waals surface area contributed by atoms with Gasteiger partial charge in [-0.15, -0.1) is 0 Å². The van der Waals surface area contributed by atoms with Crippen LogP contribution in [0.5, 0.6) is 0 Å². The largest absolute Gasteiger partial charge is 0.337 e. The number of nitrogens with one attached hydrogen (secondary N) is 1. The van der Waals surface area contributed by atoms with E-state index in [2.05, 4.69) is 25.4 Å². The van der Waals surface area contributed by atoms with Crippen LogP contribution in [0.1, 0.15) is 18.9 Å². The van der Waals surface area contributed by atoms with Gasteiger partial charge in [0, 0.05) is 18.0 Å². The summed E-state index contributed by atoms with van der Waals surface area (Å²) in [5, 5.41) is 7.05. The molecular formula is C13H13N5O. The summed E-state index contributed by atoms with van der Waals surface area (Å²) >= 11 is 0. The fourth-order valence-corrected chi connectivity index (χ4v) is 1.75. The Morgan fingerprint density at radius 3 is 2.74 bits per heavy atom. The number of nitrogens with zero attached hydrogens (tertiary/aromatic N) is 4. The molecule has 3 aromatic rings. The number of fused-ring (bicyclic) bond motifs is 1. The van der Waals surface area contributed by atoms with Gasteiger partial charge in [-0.1, -0.05) is 5.16 Å². The predicted octanol–water partition coefficient (Wildman–Crippen LogP) is 1.96. The van der Waals surface area contributed by atoms with Gasteiger partial charge in [0.05, 0.1) is 17.1 Å². The van der Waals surface area contributed by atoms with Crippen LogP contribution in [0.3, 0.4) is 0 Å². The highest BCUT2D eigenvalue weighted by molar-refractivity contribution is 5.79. The summed E-state index contributed by atoms with van der Waals surface area (Å²) in [6.07, 6.45) is 3.33. The minimum Gasteiger partial charge on any atom is -0.337 e. The lowest BCUT2D eigenvalue weighted by Crippen LogP contribution is -2.12. The second-order valence-corrected chi connectivity index (χ2v) is 4.23. The third-order valence-electron chi connectivity index (χ3n) is 2.97. The van der Waals surface area contributed by atoms with E-state index in [-0.39, 0.29) is 6.04 Å². The molecule has 0 aliphatic heterocycles. The zero-order valence-corrected chi connectivity index (χ0v) is 10.7. The van der Waals surface area contributed by atoms with Gasteiger partial charge in [0.2, 0.25) is 11.7 Å². The third kappa shape index (κ3) is 2.17. The van der Waals surface area contributed by atoms with Crippen molar-refractivity contribution in [1.29, 1.82) is 0 Å². The molecule has 6 heteroatoms. The molecule has 0 spiro atoms. The fourth-order valence-electron chi connectivity index (χ4n) is 1.75. The average molecular weight is 255 g/mol. The second-order valence-electron chi connectivity index (χ2n) is 4.23. The van der Waals surface area contributed by atoms with Crippen LogP contribution in [-0.2, 0) is 0 Å². The molecule has 0 radical (unpaired) electrons. The zero-order valence-electron chi connectivity index (χ0n) is 10.7. The lowest BCUT2D eigenvalue weighted by molar-refractivity contribution is 0.347. The molecule has 96 valence electrons. The van der Waals surface area contributed by atoms with Gasteiger partial charge in [0.25, 0.3) is 0 Å². The topological polar surface area (TPSA) is 76.7 Å². The number of aromatic nitrogens is 4. The monoisotopic (exact) mass is 255 g/mol. The summed E-state index contributed by atoms with van der Waals surface area (Å²) in [5.74, 6) is 1.13. The van der Waals surface area contributed by atoms with Crippen LogP contribution in [0.15, 0.2) is 35.1 Å². The van der Waals surface area contributed by atoms with E-state index in [0.717, 1.165) is 16.6 Å². The number of hydrogen-bond acceptors (Lipinski definition) is 6. The van der Waals surface area contributed by atoms with Gasteiger partial charge in [-0.3, -0.25) is 9.97 Å². The van der Waals surface area contributed by atoms with Crippen LogP contribution < -0.4 is 5.32 Å². The Bertz CT molecular complexity index is 709. The van der Waals surface area contributed by atoms with E-state index in [1.165, 1.54) is 0 Å². The van der Waals surface area contributed by atoms with Gasteiger partial charge in [-0.2, -0.15) is 4.98 Å². The molecule has 0 aliphatic rings. The molecule has 1 aromatic carbocycles. The van der Waals surface area contributed by atoms with E-state index in [1.54, 1.807) is 12.4 Å². The Morgan fingerprint density at radius 2 is 1.95 bits per heavy atom. The molecule has 0 amide bonds. The van der Waals surface area contributed by atoms with Crippen LogP contribution in [-0.4, -0.2) is 27.2 Å². The molecule has 2 aromatic heterocycles. The molecule has 1 atom stereocenters. The second kappa shape index (κ2) is 4.74. The highest BCUT2D eigenvalue weighted by atomic mass is 16.5. The Labute approximate surface area is 109 Å². The summed E-state index contributed by atoms with van der Waals surface area (Å²) in [7, 11) is 1.85. The maximum Gasteiger partial charge on any atom is 0.243 e. The van der Waals surface area contributed by atoms with Crippen molar-refractivity contribution in [3.05, 3.63) is 36.5 Å². The molecule has 1 N–H and O–H groups in total. The summed E-state index contributed by atoms with van der Waals surface area (Å²) in [5.41, 5.74) is 2.53. The minimum absolute atomic E-state index is 0.0292. The average Bonchev–Trinajstić information content (AvgIpc) is 2.95. The fraction of sp³-hybridized carbons (Fsp3) is 0.231. The van der Waals surface area contributed by atoms with Gasteiger partial charge in [-0.05, 0) is 32.2 Å². The van der Waals surface area contributed by atoms with Crippen LogP contribution in [0, 0.1) is 0 Å². The molecule has 2 heterocycles. The van der Waals surface area contributed by atoms with Crippen molar-refractivity contribution in [1.82, 2.24) is 25.4 Å². The van der Waals surface area contributed by atoms with Crippen molar-refractivity contribution in [3.63, 3.8) is 0 Å². The number of benzene rings is 1. The lowest BCUT2D eigenvalue weighted by Gasteiger charge is -2.01. The Hall–Kier alpha value is -2.34. The lowest BCUT2D eigenvalue weighted by atomic mass is 10.2. The van der Waals surface area contributed by atoms with Gasteiger partial charge < -0.3 is 9.84 Å². The summed E-state index contributed by atoms with van der Waals surface area (Å²) in [4.78, 5) is 12.9. The molecule has 0 saturated carbocycles. The standard InChI is InChI=1S/C13H13N5O/c1-8(14-2)13-17-12(18-19-13)9-3-4-10-11(7-9)16-6-5-15-10/h3-8,14H,1-2H3. The van der Waals surface area contributed by atoms with Crippen molar-refractivity contribution < 1.29 is 4.52 Å². The highest BCUT2D eigenvalue weighted by Gasteiger charge is 2.13. The molecular weight excluding hydrogens is 242 g/mol. The molecule has 6 nitrogen and oxygen atoms in total. The SMILES string of the molecule is CNC(C)c1nc(-c2ccc3nccnc3c2)no1. The Kier molecular flexibility index (Phi) is 2.92. The first-order valence-corrected chi connectivity index (χ1v) is 6.00. The van der Waals surface area contributed by atoms with Crippen LogP contribution >= 0.6 is 0 Å². The predicted molar refractivity (Wildman–Crippen MR) is 70.3 cm³/mol. The minimum atomic E-state index is 0.0292. The van der Waals surface area contributed by atoms with Gasteiger partial charge >= 0.3 is 0 Å². The van der Waals surface area contributed by atoms with Crippen molar-refractivity contribution >= 4 is 11.0 Å². The molecule has 0 saturated heterocycles. The normalized spacial score (nSPS) is 12.7. The maximum absolute atomic E-state index is 5.22. The first-order valence-electron chi connectivity index (χ1n) is 6.00. The molecule has 3 rings (SSSR count). The van der Waals surface area contributed by atoms with Gasteiger partial charge in [0.1, 0.15) is 0 Å². The summed E-state index contributed by atoms with van der Waals surface area (Å²) in [6, 6.07) is 5.74. The third-order valence-corrected chi connectivity index (χ3v) is 2.97. The van der Waals surface area contributed by atoms with E-state index in [4.69, 9.17) is 4.52 Å². The van der Waals surface area contributed by atoms with Crippen LogP contribution in [0.2, 0.25) is 0 Å². The van der Waals surface area contributed by atoms with Crippen molar-refractivity contribution in [2.75, 3.05) is 7.05 Å². The number of hydrogen-bond donors (Lipinski definition) is 1. The van der Waals surface area contributed by atoms with E-state index in [9.17, 15) is 0 Å². The van der Waals surface area contributed by atoms with Gasteiger partial charge in [-0.25, -0.2) is 0 Å². The molecule has 0 bridgehead atoms. The first-order chi connectivity index (χ1) is 9.28. The van der Waals surface area contributed by atoms with Crippen LogP contribution in [0.4, 0.5) is 0 Å². The first kappa shape index (κ1) is 11.7. The highest BCUT2D eigenvalue weighted by Crippen LogP contribution is 2.21. The van der Waals surface area contributed by atoms with E-state index < -0.39 is 0 Å². The van der Waals surface area contributed by atoms with E-state index in [0.29, 0.717) is 11.7 Å². The number of rotatable bonds is 3. The molecule has 0 aliphatic carbocycles. The van der Waals surface area contributed by atoms with Gasteiger partial charge in [0.15, 0.2) is 0 Å². The smallest absolute Gasteiger partial charge is 0.243 e. The van der Waals surface area contributed by atoms with E-state index >= 15 is 0 Å². The quantitative estimate of drug-likeness (QED) is 0.771. The van der Waals surface area contributed by atoms with Crippen molar-refractivity contribution in [3.8, 4) is 11.4 Å². The molecule has 0 fully saturated rings. The Morgan fingerprint density at radius 1 is 1.16 bits per heavy atom. The van der Waals surface area contributed by atoms with Crippen molar-refractivity contribution in [2.45, 2.75) is 13.0 Å². The molecule has 19 heavy (non-hydrogen) atoms. The van der Waals surface area contributed by atoms with Crippen molar-refractivity contribution in [2.24, 2.45) is 0 Å². The Balaban J connectivity index is 2.01. The van der Waals surface area contributed by atoms with E-state index in [1.807, 2.05) is 32.2 Å². The van der Waals surface area contributed by atoms with Crippen LogP contribution in [0.25, 0.3) is 22.4 Å². The zero-order chi connectivity index (χ0) is 13.2. The maximum atomic E-state index is 5.22.